The van der Waals surface area contributed by atoms with E-state index in [-0.39, 0.29) is 24.7 Å². The Kier molecular flexibility index (Phi) is 11.2. The number of carbonyl (C=O) groups is 1. The standard InChI is InChI=1S/C49H48Cl2FN7O6S/c1-26-38-27(2)42(51)43(41(26)50)65-49(24-58-14-12-57(3)13-15-58)20-37(49)63-34-8-9-35(62-23-33-10-11-53-48(56-33)59-21-28-16-29(17-28)22-59)31(18-34)19-36(47(60)61)64-45-40-39(38)44(66-46(40)55-25-54-45)30-4-6-32(52)7-5-30/h4-11,18,25,28-29,36-37H,12-17,19-24H2,1-3H3,(H,60,61)/t28?,29?,36-,37-,49?/m1/s1. The highest BCUT2D eigenvalue weighted by Gasteiger charge is 2.61. The minimum atomic E-state index is -1.44. The van der Waals surface area contributed by atoms with Crippen molar-refractivity contribution in [1.82, 2.24) is 29.7 Å². The van der Waals surface area contributed by atoms with Crippen LogP contribution in [-0.4, -0.2) is 111 Å². The third kappa shape index (κ3) is 8.06. The van der Waals surface area contributed by atoms with Gasteiger partial charge >= 0.3 is 5.97 Å². The van der Waals surface area contributed by atoms with Crippen LogP contribution in [0.25, 0.3) is 31.8 Å². The Morgan fingerprint density at radius 2 is 1.70 bits per heavy atom. The van der Waals surface area contributed by atoms with E-state index in [2.05, 4.69) is 36.7 Å². The van der Waals surface area contributed by atoms with Crippen LogP contribution >= 0.6 is 34.5 Å². The summed E-state index contributed by atoms with van der Waals surface area (Å²) in [5.74, 6) is 1.86. The number of aliphatic carboxylic acids is 1. The van der Waals surface area contributed by atoms with Crippen LogP contribution in [0.5, 0.6) is 23.1 Å². The molecule has 3 saturated heterocycles. The van der Waals surface area contributed by atoms with Gasteiger partial charge in [-0.05, 0) is 104 Å². The van der Waals surface area contributed by atoms with Gasteiger partial charge in [0.2, 0.25) is 17.9 Å². The number of aromatic nitrogens is 4. The Bertz CT molecular complexity index is 2840. The fourth-order valence-corrected chi connectivity index (χ4v) is 11.8. The molecular weight excluding hydrogens is 905 g/mol. The van der Waals surface area contributed by atoms with Crippen LogP contribution in [0.1, 0.15) is 41.6 Å². The third-order valence-electron chi connectivity index (χ3n) is 13.9. The van der Waals surface area contributed by atoms with Gasteiger partial charge in [0.05, 0.1) is 21.1 Å². The van der Waals surface area contributed by atoms with Crippen molar-refractivity contribution < 1.29 is 33.2 Å². The van der Waals surface area contributed by atoms with Crippen molar-refractivity contribution in [3.8, 4) is 44.7 Å². The molecule has 17 heteroatoms. The highest BCUT2D eigenvalue weighted by Crippen LogP contribution is 2.55. The molecule has 5 aliphatic heterocycles. The van der Waals surface area contributed by atoms with Crippen LogP contribution in [0.15, 0.2) is 61.1 Å². The van der Waals surface area contributed by atoms with Crippen molar-refractivity contribution in [2.24, 2.45) is 11.8 Å². The molecule has 6 bridgehead atoms. The minimum absolute atomic E-state index is 0.0498. The first-order chi connectivity index (χ1) is 31.9. The number of benzene rings is 3. The van der Waals surface area contributed by atoms with Crippen molar-refractivity contribution in [2.75, 3.05) is 57.8 Å². The van der Waals surface area contributed by atoms with E-state index >= 15 is 0 Å². The monoisotopic (exact) mass is 951 g/mol. The van der Waals surface area contributed by atoms with Crippen molar-refractivity contribution in [1.29, 1.82) is 0 Å². The molecule has 6 aromatic rings. The van der Waals surface area contributed by atoms with Gasteiger partial charge < -0.3 is 33.9 Å². The van der Waals surface area contributed by atoms with Crippen LogP contribution < -0.4 is 23.8 Å². The smallest absolute Gasteiger partial charge is 0.345 e. The Morgan fingerprint density at radius 1 is 0.955 bits per heavy atom. The van der Waals surface area contributed by atoms with E-state index in [0.717, 1.165) is 44.1 Å². The molecule has 3 aromatic heterocycles. The van der Waals surface area contributed by atoms with Gasteiger partial charge in [-0.25, -0.2) is 29.1 Å². The van der Waals surface area contributed by atoms with Gasteiger partial charge in [-0.2, -0.15) is 0 Å². The number of anilines is 1. The number of hydrogen-bond acceptors (Lipinski definition) is 13. The lowest BCUT2D eigenvalue weighted by atomic mass is 9.71. The molecule has 0 radical (unpaired) electrons. The van der Waals surface area contributed by atoms with Crippen LogP contribution in [0.3, 0.4) is 0 Å². The molecular formula is C49H48Cl2FN7O6S. The number of carboxylic acid groups (broad SMARTS) is 1. The predicted octanol–water partition coefficient (Wildman–Crippen LogP) is 8.91. The zero-order valence-electron chi connectivity index (χ0n) is 36.7. The second kappa shape index (κ2) is 17.1. The van der Waals surface area contributed by atoms with Gasteiger partial charge in [-0.1, -0.05) is 35.3 Å². The highest BCUT2D eigenvalue weighted by molar-refractivity contribution is 7.22. The number of fused-ring (bicyclic) bond motifs is 6. The van der Waals surface area contributed by atoms with Gasteiger partial charge in [0.15, 0.2) is 11.4 Å². The summed E-state index contributed by atoms with van der Waals surface area (Å²) in [6.07, 6.45) is 4.27. The lowest BCUT2D eigenvalue weighted by Gasteiger charge is -2.47. The SMILES string of the molecule is Cc1c(Cl)c2c(Cl)c(C)c1-c1c(-c3ccc(F)cc3)sc3ncnc(c13)O[C@@H](C(=O)O)Cc1cc(ccc1OCc1ccnc(N3CC4CC(C4)C3)n1)O[C@@H]1CC1(CN1CCN(C)CC1)O2. The molecule has 13 rings (SSSR count). The molecule has 5 fully saturated rings. The average molecular weight is 953 g/mol. The van der Waals surface area contributed by atoms with E-state index in [1.165, 1.54) is 42.6 Å². The molecule has 1 unspecified atom stereocenters. The normalized spacial score (nSPS) is 23.8. The van der Waals surface area contributed by atoms with E-state index in [1.54, 1.807) is 24.4 Å². The molecule has 0 amide bonds. The van der Waals surface area contributed by atoms with E-state index in [9.17, 15) is 14.3 Å². The molecule has 66 heavy (non-hydrogen) atoms. The number of nitrogens with zero attached hydrogens (tertiary/aromatic N) is 7. The number of rotatable bonds is 8. The summed E-state index contributed by atoms with van der Waals surface area (Å²) < 4.78 is 41.3. The molecule has 7 aliphatic rings. The lowest BCUT2D eigenvalue weighted by molar-refractivity contribution is -0.145. The predicted molar refractivity (Wildman–Crippen MR) is 251 cm³/mol. The molecule has 8 heterocycles. The largest absolute Gasteiger partial charge is 0.487 e. The number of piperazine rings is 1. The van der Waals surface area contributed by atoms with Crippen LogP contribution in [0.2, 0.25) is 10.0 Å². The second-order valence-corrected chi connectivity index (χ2v) is 20.2. The molecule has 0 spiro atoms. The van der Waals surface area contributed by atoms with Crippen molar-refractivity contribution in [3.63, 3.8) is 0 Å². The maximum Gasteiger partial charge on any atom is 0.345 e. The van der Waals surface area contributed by atoms with Gasteiger partial charge in [0, 0.05) is 80.9 Å². The van der Waals surface area contributed by atoms with Crippen LogP contribution in [-0.2, 0) is 17.8 Å². The fourth-order valence-electron chi connectivity index (χ4n) is 10.1. The molecule has 13 nitrogen and oxygen atoms in total. The minimum Gasteiger partial charge on any atom is -0.487 e. The maximum absolute atomic E-state index is 14.4. The molecule has 342 valence electrons. The van der Waals surface area contributed by atoms with Gasteiger partial charge in [0.25, 0.3) is 0 Å². The summed E-state index contributed by atoms with van der Waals surface area (Å²) in [6, 6.07) is 13.5. The highest BCUT2D eigenvalue weighted by atomic mass is 35.5. The summed E-state index contributed by atoms with van der Waals surface area (Å²) in [6.45, 7) is 9.96. The van der Waals surface area contributed by atoms with Crippen molar-refractivity contribution in [2.45, 2.75) is 63.9 Å². The number of piperidine rings is 2. The summed E-state index contributed by atoms with van der Waals surface area (Å²) in [7, 11) is 2.12. The summed E-state index contributed by atoms with van der Waals surface area (Å²) in [5, 5.41) is 12.0. The van der Waals surface area contributed by atoms with Crippen LogP contribution in [0, 0.1) is 31.5 Å². The molecule has 1 N–H and O–H groups in total. The Labute approximate surface area is 395 Å². The number of likely N-dealkylation sites (N-methyl/N-ethyl adjacent to an activating group) is 1. The summed E-state index contributed by atoms with van der Waals surface area (Å²) >= 11 is 16.2. The summed E-state index contributed by atoms with van der Waals surface area (Å²) in [4.78, 5) is 40.3. The first-order valence-corrected chi connectivity index (χ1v) is 24.0. The first kappa shape index (κ1) is 43.3. The molecule has 3 aromatic carbocycles. The first-order valence-electron chi connectivity index (χ1n) is 22.4. The second-order valence-electron chi connectivity index (χ2n) is 18.5. The van der Waals surface area contributed by atoms with Crippen molar-refractivity contribution >= 4 is 56.7 Å². The van der Waals surface area contributed by atoms with E-state index in [1.807, 2.05) is 32.0 Å². The zero-order valence-corrected chi connectivity index (χ0v) is 39.1. The Morgan fingerprint density at radius 3 is 2.42 bits per heavy atom. The third-order valence-corrected chi connectivity index (χ3v) is 15.9. The number of thiophene rings is 1. The van der Waals surface area contributed by atoms with Crippen LogP contribution in [0.4, 0.5) is 10.3 Å². The van der Waals surface area contributed by atoms with Gasteiger partial charge in [0.1, 0.15) is 41.2 Å². The van der Waals surface area contributed by atoms with Gasteiger partial charge in [-0.3, -0.25) is 4.90 Å². The number of hydrogen-bond donors (Lipinski definition) is 1. The van der Waals surface area contributed by atoms with Crippen molar-refractivity contribution in [3.05, 3.63) is 99.3 Å². The Balaban J connectivity index is 1.03. The lowest BCUT2D eigenvalue weighted by Crippen LogP contribution is -2.49. The number of halogens is 3. The summed E-state index contributed by atoms with van der Waals surface area (Å²) in [5.41, 5.74) is 3.81. The fraction of sp³-hybridized carbons (Fsp3) is 0.408. The van der Waals surface area contributed by atoms with E-state index in [0.29, 0.717) is 107 Å². The van der Waals surface area contributed by atoms with E-state index < -0.39 is 23.8 Å². The topological polar surface area (TPSA) is 136 Å². The average Bonchev–Trinajstić information content (AvgIpc) is 3.82. The maximum atomic E-state index is 14.4. The van der Waals surface area contributed by atoms with Gasteiger partial charge in [-0.15, -0.1) is 11.3 Å². The molecule has 3 atom stereocenters. The molecule has 2 aliphatic carbocycles. The zero-order chi connectivity index (χ0) is 45.4. The number of ether oxygens (including phenoxy) is 4. The quantitative estimate of drug-likeness (QED) is 0.156. The molecule has 2 saturated carbocycles. The Hall–Kier alpha value is -5.32. The number of carboxylic acids is 1. The van der Waals surface area contributed by atoms with E-state index in [4.69, 9.17) is 47.1 Å².